The van der Waals surface area contributed by atoms with Gasteiger partial charge in [0.15, 0.2) is 28.3 Å². The molecule has 2 unspecified atom stereocenters. The van der Waals surface area contributed by atoms with E-state index in [0.717, 1.165) is 42.1 Å². The van der Waals surface area contributed by atoms with Gasteiger partial charge in [0.2, 0.25) is 0 Å². The Morgan fingerprint density at radius 3 is 2.15 bits per heavy atom. The van der Waals surface area contributed by atoms with Crippen LogP contribution in [0.1, 0.15) is 87.9 Å². The van der Waals surface area contributed by atoms with Gasteiger partial charge in [-0.3, -0.25) is 0 Å². The zero-order valence-electron chi connectivity index (χ0n) is 36.6. The van der Waals surface area contributed by atoms with Gasteiger partial charge in [-0.2, -0.15) is 5.10 Å². The summed E-state index contributed by atoms with van der Waals surface area (Å²) in [4.78, 5) is 15.4. The number of amides is 1. The molecular formula is C44H55N5O12S. The number of benzene rings is 3. The molecule has 18 heteroatoms. The van der Waals surface area contributed by atoms with Crippen LogP contribution in [-0.2, 0) is 35.5 Å². The third-order valence-electron chi connectivity index (χ3n) is 10.7. The smallest absolute Gasteiger partial charge is 0.420 e. The molecule has 2 fully saturated rings. The van der Waals surface area contributed by atoms with Crippen LogP contribution < -0.4 is 28.2 Å². The molecule has 1 aliphatic heterocycles. The van der Waals surface area contributed by atoms with Crippen molar-refractivity contribution < 1.29 is 55.6 Å². The third-order valence-corrected chi connectivity index (χ3v) is 12.5. The molecule has 3 heterocycles. The summed E-state index contributed by atoms with van der Waals surface area (Å²) in [7, 11) is 4.20. The highest BCUT2D eigenvalue weighted by atomic mass is 32.2. The number of ether oxygens (including phenoxy) is 8. The summed E-state index contributed by atoms with van der Waals surface area (Å²) in [6.45, 7) is 5.95. The molecule has 0 N–H and O–H groups in total. The summed E-state index contributed by atoms with van der Waals surface area (Å²) in [6, 6.07) is 15.2. The van der Waals surface area contributed by atoms with Gasteiger partial charge in [0.1, 0.15) is 34.7 Å². The maximum absolute atomic E-state index is 15.3. The number of fused-ring (bicyclic) bond motifs is 1. The Hall–Kier alpha value is -5.56. The molecule has 2 aliphatic rings. The molecule has 0 radical (unpaired) electrons. The van der Waals surface area contributed by atoms with E-state index < -0.39 is 27.8 Å². The van der Waals surface area contributed by atoms with Crippen molar-refractivity contribution in [1.82, 2.24) is 14.9 Å². The summed E-state index contributed by atoms with van der Waals surface area (Å²) >= 11 is 0. The van der Waals surface area contributed by atoms with Crippen molar-refractivity contribution in [3.8, 4) is 23.0 Å². The lowest BCUT2D eigenvalue weighted by atomic mass is 10.1. The number of aromatic nitrogens is 3. The number of nitrogens with zero attached hydrogens (tertiary/aromatic N) is 5. The molecular weight excluding hydrogens is 823 g/mol. The van der Waals surface area contributed by atoms with Crippen LogP contribution in [0.4, 0.5) is 22.1 Å². The van der Waals surface area contributed by atoms with Crippen LogP contribution in [0.15, 0.2) is 64.0 Å². The minimum atomic E-state index is -4.61. The topological polar surface area (TPSA) is 175 Å². The van der Waals surface area contributed by atoms with Crippen molar-refractivity contribution in [2.75, 3.05) is 65.1 Å². The van der Waals surface area contributed by atoms with Crippen molar-refractivity contribution >= 4 is 44.4 Å². The van der Waals surface area contributed by atoms with Crippen molar-refractivity contribution in [2.24, 2.45) is 0 Å². The minimum Gasteiger partial charge on any atom is -0.497 e. The Morgan fingerprint density at radius 2 is 1.58 bits per heavy atom. The molecule has 0 spiro atoms. The van der Waals surface area contributed by atoms with Crippen molar-refractivity contribution in [3.05, 3.63) is 71.4 Å². The number of anilines is 3. The maximum Gasteiger partial charge on any atom is 0.420 e. The van der Waals surface area contributed by atoms with Gasteiger partial charge in [-0.25, -0.2) is 27.1 Å². The predicted octanol–water partition coefficient (Wildman–Crippen LogP) is 8.44. The first-order valence-corrected chi connectivity index (χ1v) is 21.8. The standard InChI is InChI=1S/C44H55N5O12S/c1-44(2,3)60-43(50)48(39-24-32(28-15-16-28)49(45-39)40-12-10-11-19-59-40)33-23-34-31(22-35(33)55-6)42(46-61-34)47(25-27-13-17-30(54-5)18-14-27)62(51,52)41-36(56-7)20-29(21-37(41)57-8)38(58-9)26-53-4/h13-14,17-18,20-24,28,38,40H,10-12,15-16,19,25-26H2,1-9H3. The van der Waals surface area contributed by atoms with Gasteiger partial charge in [0.25, 0.3) is 10.0 Å². The SMILES string of the molecule is COCC(OC)c1cc(OC)c(S(=O)(=O)N(Cc2ccc(OC)cc2)c2noc3cc(N(C(=O)OC(C)(C)C)c4cc(C5CC5)n(C5CCCCO5)n4)c(OC)cc23)c(OC)c1. The molecule has 1 aliphatic carbocycles. The van der Waals surface area contributed by atoms with Crippen LogP contribution in [0.5, 0.6) is 23.0 Å². The molecule has 0 bridgehead atoms. The number of carbonyl (C=O) groups is 1. The average molecular weight is 878 g/mol. The largest absolute Gasteiger partial charge is 0.497 e. The second kappa shape index (κ2) is 18.4. The molecule has 2 atom stereocenters. The molecule has 334 valence electrons. The molecule has 17 nitrogen and oxygen atoms in total. The molecule has 7 rings (SSSR count). The van der Waals surface area contributed by atoms with E-state index in [0.29, 0.717) is 29.3 Å². The lowest BCUT2D eigenvalue weighted by Gasteiger charge is -2.27. The van der Waals surface area contributed by atoms with Gasteiger partial charge < -0.3 is 42.4 Å². The van der Waals surface area contributed by atoms with E-state index in [9.17, 15) is 4.79 Å². The first-order valence-electron chi connectivity index (χ1n) is 20.4. The second-order valence-electron chi connectivity index (χ2n) is 16.1. The Balaban J connectivity index is 1.39. The van der Waals surface area contributed by atoms with Gasteiger partial charge in [0, 0.05) is 44.6 Å². The van der Waals surface area contributed by atoms with Crippen LogP contribution >= 0.6 is 0 Å². The highest BCUT2D eigenvalue weighted by Gasteiger charge is 2.39. The molecule has 1 amide bonds. The molecule has 5 aromatic rings. The summed E-state index contributed by atoms with van der Waals surface area (Å²) < 4.78 is 85.5. The van der Waals surface area contributed by atoms with Crippen molar-refractivity contribution in [2.45, 2.75) is 88.2 Å². The van der Waals surface area contributed by atoms with Crippen molar-refractivity contribution in [3.63, 3.8) is 0 Å². The Kier molecular flexibility index (Phi) is 13.2. The second-order valence-corrected chi connectivity index (χ2v) is 17.9. The fourth-order valence-electron chi connectivity index (χ4n) is 7.49. The fraction of sp³-hybridized carbons (Fsp3) is 0.477. The first-order chi connectivity index (χ1) is 29.7. The van der Waals surface area contributed by atoms with Gasteiger partial charge >= 0.3 is 6.09 Å². The van der Waals surface area contributed by atoms with E-state index in [1.165, 1.54) is 40.4 Å². The van der Waals surface area contributed by atoms with E-state index in [1.807, 2.05) is 10.7 Å². The number of rotatable bonds is 17. The van der Waals surface area contributed by atoms with Crippen LogP contribution in [-0.4, -0.2) is 90.9 Å². The van der Waals surface area contributed by atoms with E-state index in [-0.39, 0.29) is 69.9 Å². The van der Waals surface area contributed by atoms with Crippen LogP contribution in [0.2, 0.25) is 0 Å². The van der Waals surface area contributed by atoms with Gasteiger partial charge in [-0.1, -0.05) is 17.3 Å². The van der Waals surface area contributed by atoms with Gasteiger partial charge in [-0.05, 0) is 94.3 Å². The van der Waals surface area contributed by atoms with Gasteiger partial charge in [0.05, 0.1) is 52.7 Å². The van der Waals surface area contributed by atoms with Crippen LogP contribution in [0.3, 0.4) is 0 Å². The maximum atomic E-state index is 15.3. The van der Waals surface area contributed by atoms with E-state index >= 15 is 8.42 Å². The lowest BCUT2D eigenvalue weighted by Crippen LogP contribution is -2.34. The van der Waals surface area contributed by atoms with E-state index in [4.69, 9.17) is 47.5 Å². The molecule has 2 aromatic heterocycles. The monoisotopic (exact) mass is 877 g/mol. The molecule has 3 aromatic carbocycles. The molecule has 62 heavy (non-hydrogen) atoms. The molecule has 1 saturated carbocycles. The van der Waals surface area contributed by atoms with E-state index in [2.05, 4.69) is 5.16 Å². The Labute approximate surface area is 361 Å². The predicted molar refractivity (Wildman–Crippen MR) is 230 cm³/mol. The first kappa shape index (κ1) is 44.5. The van der Waals surface area contributed by atoms with Crippen LogP contribution in [0.25, 0.3) is 11.0 Å². The van der Waals surface area contributed by atoms with Crippen molar-refractivity contribution in [1.29, 1.82) is 0 Å². The molecule has 1 saturated heterocycles. The Bertz CT molecular complexity index is 2440. The zero-order valence-corrected chi connectivity index (χ0v) is 37.4. The lowest BCUT2D eigenvalue weighted by molar-refractivity contribution is -0.0410. The van der Waals surface area contributed by atoms with Crippen LogP contribution in [0, 0.1) is 0 Å². The number of carbonyl (C=O) groups excluding carboxylic acids is 1. The minimum absolute atomic E-state index is 0.00142. The highest BCUT2D eigenvalue weighted by molar-refractivity contribution is 7.93. The number of methoxy groups -OCH3 is 6. The Morgan fingerprint density at radius 1 is 0.887 bits per heavy atom. The number of hydrogen-bond donors (Lipinski definition) is 0. The summed E-state index contributed by atoms with van der Waals surface area (Å²) in [5, 5.41) is 9.62. The number of sulfonamides is 1. The average Bonchev–Trinajstić information content (AvgIpc) is 3.90. The fourth-order valence-corrected chi connectivity index (χ4v) is 9.18. The summed E-state index contributed by atoms with van der Waals surface area (Å²) in [6.07, 6.45) is 3.23. The normalized spacial score (nSPS) is 16.2. The number of hydrogen-bond acceptors (Lipinski definition) is 14. The zero-order chi connectivity index (χ0) is 44.3. The van der Waals surface area contributed by atoms with E-state index in [1.54, 1.807) is 76.4 Å². The summed E-state index contributed by atoms with van der Waals surface area (Å²) in [5.74, 6) is 1.30. The summed E-state index contributed by atoms with van der Waals surface area (Å²) in [5.41, 5.74) is 1.66. The highest BCUT2D eigenvalue weighted by Crippen LogP contribution is 2.47. The van der Waals surface area contributed by atoms with Gasteiger partial charge in [-0.15, -0.1) is 0 Å². The quantitative estimate of drug-likeness (QED) is 0.0870. The third kappa shape index (κ3) is 9.14.